The highest BCUT2D eigenvalue weighted by Gasteiger charge is 2.29. The molecule has 8 heteroatoms. The van der Waals surface area contributed by atoms with Crippen LogP contribution in [-0.4, -0.2) is 56.4 Å². The van der Waals surface area contributed by atoms with Crippen molar-refractivity contribution in [3.05, 3.63) is 35.7 Å². The molecule has 1 fully saturated rings. The Balaban J connectivity index is 1.70. The lowest BCUT2D eigenvalue weighted by molar-refractivity contribution is -0.140. The van der Waals surface area contributed by atoms with Gasteiger partial charge in [-0.1, -0.05) is 17.8 Å². The lowest BCUT2D eigenvalue weighted by atomic mass is 10.1. The van der Waals surface area contributed by atoms with E-state index in [2.05, 4.69) is 41.5 Å². The summed E-state index contributed by atoms with van der Waals surface area (Å²) in [5.41, 5.74) is 3.37. The zero-order valence-electron chi connectivity index (χ0n) is 14.5. The van der Waals surface area contributed by atoms with E-state index in [1.54, 1.807) is 18.2 Å². The minimum atomic E-state index is -0.431. The average Bonchev–Trinajstić information content (AvgIpc) is 3.06. The number of thioether (sulfide) groups is 1. The third kappa shape index (κ3) is 3.68. The molecule has 1 aromatic heterocycles. The summed E-state index contributed by atoms with van der Waals surface area (Å²) < 4.78 is 1.87. The molecule has 1 aromatic carbocycles. The molecule has 0 saturated carbocycles. The highest BCUT2D eigenvalue weighted by atomic mass is 32.2. The number of piperazine rings is 1. The number of amides is 2. The van der Waals surface area contributed by atoms with Gasteiger partial charge >= 0.3 is 0 Å². The van der Waals surface area contributed by atoms with Gasteiger partial charge in [-0.05, 0) is 44.0 Å². The first-order valence-electron chi connectivity index (χ1n) is 8.15. The highest BCUT2D eigenvalue weighted by Crippen LogP contribution is 2.22. The standard InChI is InChI=1S/C17H21N5O2S/c1-11-4-5-14(8-12(11)2)22-10-19-20-17(22)25-9-15(23)21-7-6-18-16(24)13(21)3/h4-5,8,10,13H,6-7,9H2,1-3H3,(H,18,24). The van der Waals surface area contributed by atoms with Crippen LogP contribution in [0.3, 0.4) is 0 Å². The Bertz CT molecular complexity index is 804. The van der Waals surface area contributed by atoms with Gasteiger partial charge in [-0.3, -0.25) is 14.2 Å². The number of carbonyl (C=O) groups is 2. The molecule has 1 aliphatic rings. The van der Waals surface area contributed by atoms with Crippen LogP contribution in [0.15, 0.2) is 29.7 Å². The van der Waals surface area contributed by atoms with Crippen molar-refractivity contribution in [1.82, 2.24) is 25.0 Å². The molecule has 0 aliphatic carbocycles. The second kappa shape index (κ2) is 7.26. The van der Waals surface area contributed by atoms with Crippen LogP contribution in [0.2, 0.25) is 0 Å². The summed E-state index contributed by atoms with van der Waals surface area (Å²) in [6, 6.07) is 5.70. The van der Waals surface area contributed by atoms with E-state index in [-0.39, 0.29) is 17.6 Å². The predicted octanol–water partition coefficient (Wildman–Crippen LogP) is 1.32. The molecule has 0 bridgehead atoms. The minimum absolute atomic E-state index is 0.0676. The molecule has 1 saturated heterocycles. The second-order valence-corrected chi connectivity index (χ2v) is 7.04. The van der Waals surface area contributed by atoms with E-state index in [1.807, 2.05) is 10.6 Å². The number of benzene rings is 1. The van der Waals surface area contributed by atoms with Crippen LogP contribution in [0, 0.1) is 13.8 Å². The smallest absolute Gasteiger partial charge is 0.242 e. The number of hydrogen-bond acceptors (Lipinski definition) is 5. The molecule has 1 atom stereocenters. The number of nitrogens with one attached hydrogen (secondary N) is 1. The molecule has 2 heterocycles. The Labute approximate surface area is 150 Å². The SMILES string of the molecule is Cc1ccc(-n2cnnc2SCC(=O)N2CCNC(=O)C2C)cc1C. The van der Waals surface area contributed by atoms with Gasteiger partial charge in [-0.2, -0.15) is 0 Å². The molecule has 2 aromatic rings. The Hall–Kier alpha value is -2.35. The zero-order valence-corrected chi connectivity index (χ0v) is 15.3. The normalized spacial score (nSPS) is 17.5. The highest BCUT2D eigenvalue weighted by molar-refractivity contribution is 7.99. The summed E-state index contributed by atoms with van der Waals surface area (Å²) in [6.45, 7) is 6.90. The molecule has 7 nitrogen and oxygen atoms in total. The second-order valence-electron chi connectivity index (χ2n) is 6.09. The summed E-state index contributed by atoms with van der Waals surface area (Å²) in [6.07, 6.45) is 1.65. The fourth-order valence-corrected chi connectivity index (χ4v) is 3.52. The van der Waals surface area contributed by atoms with E-state index in [0.29, 0.717) is 18.2 Å². The maximum absolute atomic E-state index is 12.5. The van der Waals surface area contributed by atoms with E-state index in [1.165, 1.54) is 22.9 Å². The van der Waals surface area contributed by atoms with Gasteiger partial charge in [0.2, 0.25) is 11.8 Å². The van der Waals surface area contributed by atoms with Crippen molar-refractivity contribution in [2.24, 2.45) is 0 Å². The van der Waals surface area contributed by atoms with Crippen LogP contribution in [0.4, 0.5) is 0 Å². The van der Waals surface area contributed by atoms with E-state index in [4.69, 9.17) is 0 Å². The number of aryl methyl sites for hydroxylation is 2. The van der Waals surface area contributed by atoms with Gasteiger partial charge < -0.3 is 10.2 Å². The molecule has 0 radical (unpaired) electrons. The van der Waals surface area contributed by atoms with E-state index >= 15 is 0 Å². The minimum Gasteiger partial charge on any atom is -0.353 e. The van der Waals surface area contributed by atoms with Crippen molar-refractivity contribution in [3.63, 3.8) is 0 Å². The van der Waals surface area contributed by atoms with Gasteiger partial charge in [-0.15, -0.1) is 10.2 Å². The fraction of sp³-hybridized carbons (Fsp3) is 0.412. The Morgan fingerprint density at radius 2 is 2.16 bits per heavy atom. The summed E-state index contributed by atoms with van der Waals surface area (Å²) in [7, 11) is 0. The lowest BCUT2D eigenvalue weighted by Gasteiger charge is -2.32. The third-order valence-electron chi connectivity index (χ3n) is 4.43. The van der Waals surface area contributed by atoms with Crippen molar-refractivity contribution < 1.29 is 9.59 Å². The summed E-state index contributed by atoms with van der Waals surface area (Å²) in [5.74, 6) is 0.0473. The molecule has 25 heavy (non-hydrogen) atoms. The van der Waals surface area contributed by atoms with Crippen molar-refractivity contribution in [2.45, 2.75) is 32.0 Å². The zero-order chi connectivity index (χ0) is 18.0. The van der Waals surface area contributed by atoms with Crippen molar-refractivity contribution in [1.29, 1.82) is 0 Å². The van der Waals surface area contributed by atoms with Gasteiger partial charge in [0.15, 0.2) is 5.16 Å². The van der Waals surface area contributed by atoms with Crippen molar-refractivity contribution >= 4 is 23.6 Å². The molecule has 3 rings (SSSR count). The number of rotatable bonds is 4. The monoisotopic (exact) mass is 359 g/mol. The van der Waals surface area contributed by atoms with Gasteiger partial charge in [-0.25, -0.2) is 0 Å². The number of hydrogen-bond donors (Lipinski definition) is 1. The summed E-state index contributed by atoms with van der Waals surface area (Å²) >= 11 is 1.33. The maximum atomic E-state index is 12.5. The Morgan fingerprint density at radius 3 is 2.92 bits per heavy atom. The van der Waals surface area contributed by atoms with Gasteiger partial charge in [0.1, 0.15) is 12.4 Å². The van der Waals surface area contributed by atoms with Crippen LogP contribution < -0.4 is 5.32 Å². The van der Waals surface area contributed by atoms with Crippen LogP contribution in [0.25, 0.3) is 5.69 Å². The van der Waals surface area contributed by atoms with E-state index in [9.17, 15) is 9.59 Å². The molecule has 2 amide bonds. The first kappa shape index (κ1) is 17.5. The molecular formula is C17H21N5O2S. The molecule has 132 valence electrons. The molecule has 1 aliphatic heterocycles. The largest absolute Gasteiger partial charge is 0.353 e. The molecule has 1 N–H and O–H groups in total. The summed E-state index contributed by atoms with van der Waals surface area (Å²) in [4.78, 5) is 25.8. The first-order chi connectivity index (χ1) is 12.0. The van der Waals surface area contributed by atoms with Gasteiger partial charge in [0.25, 0.3) is 0 Å². The Morgan fingerprint density at radius 1 is 1.36 bits per heavy atom. The number of aromatic nitrogens is 3. The topological polar surface area (TPSA) is 80.1 Å². The van der Waals surface area contributed by atoms with Crippen LogP contribution in [-0.2, 0) is 9.59 Å². The maximum Gasteiger partial charge on any atom is 0.242 e. The van der Waals surface area contributed by atoms with Gasteiger partial charge in [0.05, 0.1) is 5.75 Å². The third-order valence-corrected chi connectivity index (χ3v) is 5.36. The lowest BCUT2D eigenvalue weighted by Crippen LogP contribution is -2.56. The molecular weight excluding hydrogens is 338 g/mol. The van der Waals surface area contributed by atoms with Crippen LogP contribution in [0.5, 0.6) is 0 Å². The molecule has 1 unspecified atom stereocenters. The van der Waals surface area contributed by atoms with E-state index < -0.39 is 6.04 Å². The number of nitrogens with zero attached hydrogens (tertiary/aromatic N) is 4. The van der Waals surface area contributed by atoms with Crippen molar-refractivity contribution in [2.75, 3.05) is 18.8 Å². The summed E-state index contributed by atoms with van der Waals surface area (Å²) in [5, 5.41) is 11.5. The fourth-order valence-electron chi connectivity index (χ4n) is 2.71. The Kier molecular flexibility index (Phi) is 5.08. The molecule has 0 spiro atoms. The average molecular weight is 359 g/mol. The van der Waals surface area contributed by atoms with E-state index in [0.717, 1.165) is 5.69 Å². The van der Waals surface area contributed by atoms with Crippen molar-refractivity contribution in [3.8, 4) is 5.69 Å². The van der Waals surface area contributed by atoms with Gasteiger partial charge in [0, 0.05) is 18.8 Å². The predicted molar refractivity (Wildman–Crippen MR) is 95.7 cm³/mol. The quantitative estimate of drug-likeness (QED) is 0.833. The van der Waals surface area contributed by atoms with Crippen LogP contribution >= 0.6 is 11.8 Å². The number of carbonyl (C=O) groups excluding carboxylic acids is 2. The first-order valence-corrected chi connectivity index (χ1v) is 9.13. The van der Waals surface area contributed by atoms with Crippen LogP contribution in [0.1, 0.15) is 18.1 Å².